The molecule has 3 aromatic carbocycles. The third-order valence-electron chi connectivity index (χ3n) is 7.21. The molecule has 0 radical (unpaired) electrons. The van der Waals surface area contributed by atoms with Gasteiger partial charge in [0.15, 0.2) is 0 Å². The van der Waals surface area contributed by atoms with Crippen LogP contribution < -0.4 is 0 Å². The monoisotopic (exact) mass is 639 g/mol. The van der Waals surface area contributed by atoms with Gasteiger partial charge in [-0.25, -0.2) is 0 Å². The number of thioether (sulfide) groups is 1. The van der Waals surface area contributed by atoms with Gasteiger partial charge in [-0.3, -0.25) is 9.59 Å². The Balaban J connectivity index is 0.000000269. The lowest BCUT2D eigenvalue weighted by molar-refractivity contribution is -0.133. The Labute approximate surface area is 251 Å². The van der Waals surface area contributed by atoms with Crippen molar-refractivity contribution in [2.24, 2.45) is 0 Å². The number of aromatic nitrogens is 1. The molecule has 6 rings (SSSR count). The average molecular weight is 641 g/mol. The second-order valence-electron chi connectivity index (χ2n) is 10.4. The minimum Gasteiger partial charge on any atom is -0.391 e. The third kappa shape index (κ3) is 6.74. The Morgan fingerprint density at radius 2 is 1.88 bits per heavy atom. The number of halogens is 2. The number of likely N-dealkylation sites (tertiary alicyclic amines) is 2. The first-order valence-corrected chi connectivity index (χ1v) is 15.2. The molecule has 2 fully saturated rings. The second-order valence-corrected chi connectivity index (χ2v) is 13.2. The van der Waals surface area contributed by atoms with Crippen LogP contribution in [0.5, 0.6) is 0 Å². The summed E-state index contributed by atoms with van der Waals surface area (Å²) in [5.74, 6) is -0.0538. The van der Waals surface area contributed by atoms with Crippen molar-refractivity contribution in [3.8, 4) is 0 Å². The highest BCUT2D eigenvalue weighted by molar-refractivity contribution is 9.10. The molecule has 2 aliphatic heterocycles. The maximum absolute atomic E-state index is 13.6. The molecule has 3 heterocycles. The number of carbonyl (C=O) groups excluding carboxylic acids is 2. The Bertz CT molecular complexity index is 1490. The zero-order valence-corrected chi connectivity index (χ0v) is 25.3. The number of rotatable bonds is 5. The SMILES string of the molecule is Cc1ccc(SC2(C(=O)N3CC[C@@H](O)C3)CC(=O)N(Cc3ccc(Br)cc3)C2)cc1.Clc1ccc2cc[nH]c2c1. The highest BCUT2D eigenvalue weighted by Crippen LogP contribution is 2.43. The molecule has 208 valence electrons. The van der Waals surface area contributed by atoms with E-state index in [2.05, 4.69) is 20.9 Å². The van der Waals surface area contributed by atoms with Crippen LogP contribution in [0.25, 0.3) is 10.9 Å². The van der Waals surface area contributed by atoms with E-state index < -0.39 is 10.9 Å². The summed E-state index contributed by atoms with van der Waals surface area (Å²) in [5, 5.41) is 11.9. The molecule has 4 aromatic rings. The number of aromatic amines is 1. The van der Waals surface area contributed by atoms with Crippen molar-refractivity contribution in [3.05, 3.63) is 99.6 Å². The summed E-state index contributed by atoms with van der Waals surface area (Å²) in [6.45, 7) is 3.76. The smallest absolute Gasteiger partial charge is 0.241 e. The summed E-state index contributed by atoms with van der Waals surface area (Å²) in [6.07, 6.45) is 2.19. The molecular weight excluding hydrogens is 610 g/mol. The number of hydrogen-bond acceptors (Lipinski definition) is 4. The fraction of sp³-hybridized carbons (Fsp3) is 0.290. The predicted octanol–water partition coefficient (Wildman–Crippen LogP) is 6.44. The standard InChI is InChI=1S/C23H25BrN2O3S.C8H6ClN/c1-16-2-8-20(9-3-16)30-23(22(29)25-11-10-19(27)14-25)12-21(28)26(15-23)13-17-4-6-18(24)7-5-17;9-7-2-1-6-3-4-10-8(6)5-7/h2-9,19,27H,10-15H2,1H3;1-5,10H/t19-,23?;/m1./s1. The highest BCUT2D eigenvalue weighted by Gasteiger charge is 2.52. The van der Waals surface area contributed by atoms with Gasteiger partial charge in [-0.2, -0.15) is 0 Å². The van der Waals surface area contributed by atoms with Gasteiger partial charge in [0.25, 0.3) is 0 Å². The number of hydrogen-bond donors (Lipinski definition) is 2. The van der Waals surface area contributed by atoms with E-state index >= 15 is 0 Å². The molecule has 0 bridgehead atoms. The summed E-state index contributed by atoms with van der Waals surface area (Å²) < 4.78 is 0.122. The minimum absolute atomic E-state index is 0.00868. The molecule has 0 spiro atoms. The van der Waals surface area contributed by atoms with Gasteiger partial charge in [0.2, 0.25) is 11.8 Å². The lowest BCUT2D eigenvalue weighted by atomic mass is 10.1. The van der Waals surface area contributed by atoms with Crippen LogP contribution in [0.1, 0.15) is 24.0 Å². The van der Waals surface area contributed by atoms with E-state index in [0.717, 1.165) is 31.0 Å². The zero-order chi connectivity index (χ0) is 28.3. The van der Waals surface area contributed by atoms with Gasteiger partial charge in [-0.15, -0.1) is 11.8 Å². The van der Waals surface area contributed by atoms with Crippen molar-refractivity contribution in [2.45, 2.75) is 42.1 Å². The summed E-state index contributed by atoms with van der Waals surface area (Å²) in [4.78, 5) is 34.1. The van der Waals surface area contributed by atoms with Crippen molar-refractivity contribution < 1.29 is 14.7 Å². The largest absolute Gasteiger partial charge is 0.391 e. The van der Waals surface area contributed by atoms with Crippen LogP contribution in [0, 0.1) is 6.92 Å². The molecule has 6 nitrogen and oxygen atoms in total. The second kappa shape index (κ2) is 12.4. The van der Waals surface area contributed by atoms with E-state index in [1.54, 1.807) is 9.80 Å². The number of nitrogens with one attached hydrogen (secondary N) is 1. The van der Waals surface area contributed by atoms with Crippen LogP contribution in [-0.2, 0) is 16.1 Å². The summed E-state index contributed by atoms with van der Waals surface area (Å²) >= 11 is 10.7. The number of carbonyl (C=O) groups is 2. The molecule has 2 saturated heterocycles. The van der Waals surface area contributed by atoms with E-state index in [-0.39, 0.29) is 18.2 Å². The van der Waals surface area contributed by atoms with E-state index in [1.807, 2.05) is 85.9 Å². The average Bonchev–Trinajstić information content (AvgIpc) is 3.66. The van der Waals surface area contributed by atoms with Gasteiger partial charge < -0.3 is 19.9 Å². The number of aliphatic hydroxyl groups is 1. The number of fused-ring (bicyclic) bond motifs is 1. The number of β-amino-alcohol motifs (C(OH)–C–C–N with tert-alkyl or cyclic N) is 1. The van der Waals surface area contributed by atoms with Gasteiger partial charge in [-0.1, -0.05) is 63.4 Å². The van der Waals surface area contributed by atoms with Gasteiger partial charge >= 0.3 is 0 Å². The molecule has 1 aromatic heterocycles. The van der Waals surface area contributed by atoms with Gasteiger partial charge in [0, 0.05) is 52.3 Å². The minimum atomic E-state index is -0.869. The summed E-state index contributed by atoms with van der Waals surface area (Å²) in [6, 6.07) is 23.8. The predicted molar refractivity (Wildman–Crippen MR) is 164 cm³/mol. The van der Waals surface area contributed by atoms with Crippen LogP contribution >= 0.6 is 39.3 Å². The van der Waals surface area contributed by atoms with Crippen LogP contribution in [0.2, 0.25) is 5.02 Å². The molecule has 2 N–H and O–H groups in total. The van der Waals surface area contributed by atoms with Crippen molar-refractivity contribution in [3.63, 3.8) is 0 Å². The third-order valence-corrected chi connectivity index (χ3v) is 9.32. The molecule has 0 aliphatic carbocycles. The molecular formula is C31H31BrClN3O3S. The number of nitrogens with zero attached hydrogens (tertiary/aromatic N) is 2. The number of amides is 2. The Morgan fingerprint density at radius 1 is 1.12 bits per heavy atom. The quantitative estimate of drug-likeness (QED) is 0.264. The van der Waals surface area contributed by atoms with Crippen LogP contribution in [-0.4, -0.2) is 62.2 Å². The number of aliphatic hydroxyl groups excluding tert-OH is 1. The summed E-state index contributed by atoms with van der Waals surface area (Å²) in [7, 11) is 0. The maximum atomic E-state index is 13.6. The van der Waals surface area contributed by atoms with Crippen molar-refractivity contribution >= 4 is 62.0 Å². The van der Waals surface area contributed by atoms with Crippen molar-refractivity contribution in [1.29, 1.82) is 0 Å². The Morgan fingerprint density at radius 3 is 2.58 bits per heavy atom. The molecule has 2 atom stereocenters. The first-order chi connectivity index (χ1) is 19.2. The van der Waals surface area contributed by atoms with Crippen LogP contribution in [0.3, 0.4) is 0 Å². The molecule has 2 amide bonds. The Hall–Kier alpha value is -2.78. The number of benzene rings is 3. The molecule has 40 heavy (non-hydrogen) atoms. The van der Waals surface area contributed by atoms with Gasteiger partial charge in [-0.05, 0) is 66.8 Å². The first kappa shape index (κ1) is 28.7. The molecule has 2 aliphatic rings. The van der Waals surface area contributed by atoms with Crippen LogP contribution in [0.4, 0.5) is 0 Å². The van der Waals surface area contributed by atoms with Gasteiger partial charge in [0.05, 0.1) is 12.5 Å². The van der Waals surface area contributed by atoms with Gasteiger partial charge in [0.1, 0.15) is 4.75 Å². The molecule has 0 saturated carbocycles. The summed E-state index contributed by atoms with van der Waals surface area (Å²) in [5.41, 5.74) is 3.28. The molecule has 9 heteroatoms. The van der Waals surface area contributed by atoms with E-state index in [0.29, 0.717) is 32.6 Å². The fourth-order valence-electron chi connectivity index (χ4n) is 5.08. The van der Waals surface area contributed by atoms with E-state index in [4.69, 9.17) is 11.6 Å². The van der Waals surface area contributed by atoms with E-state index in [1.165, 1.54) is 17.1 Å². The first-order valence-electron chi connectivity index (χ1n) is 13.2. The lowest BCUT2D eigenvalue weighted by Crippen LogP contribution is -2.48. The lowest BCUT2D eigenvalue weighted by Gasteiger charge is -2.31. The fourth-order valence-corrected chi connectivity index (χ4v) is 6.88. The zero-order valence-electron chi connectivity index (χ0n) is 22.1. The van der Waals surface area contributed by atoms with Crippen LogP contribution in [0.15, 0.2) is 88.4 Å². The van der Waals surface area contributed by atoms with Crippen molar-refractivity contribution in [1.82, 2.24) is 14.8 Å². The normalized spacial score (nSPS) is 20.6. The molecule has 1 unspecified atom stereocenters. The Kier molecular flexibility index (Phi) is 8.90. The van der Waals surface area contributed by atoms with Crippen molar-refractivity contribution in [2.75, 3.05) is 19.6 Å². The number of H-pyrrole nitrogens is 1. The highest BCUT2D eigenvalue weighted by atomic mass is 79.9. The number of aryl methyl sites for hydroxylation is 1. The maximum Gasteiger partial charge on any atom is 0.241 e. The topological polar surface area (TPSA) is 76.6 Å². The van der Waals surface area contributed by atoms with E-state index in [9.17, 15) is 14.7 Å².